The van der Waals surface area contributed by atoms with Crippen LogP contribution in [0.3, 0.4) is 0 Å². The minimum absolute atomic E-state index is 0.0190. The van der Waals surface area contributed by atoms with Crippen LogP contribution in [-0.2, 0) is 4.79 Å². The van der Waals surface area contributed by atoms with Crippen molar-refractivity contribution in [2.45, 2.75) is 12.3 Å². The van der Waals surface area contributed by atoms with Crippen molar-refractivity contribution in [3.8, 4) is 17.2 Å². The predicted molar refractivity (Wildman–Crippen MR) is 99.1 cm³/mol. The number of hydrazone groups is 1. The second-order valence-corrected chi connectivity index (χ2v) is 6.05. The third-order valence-electron chi connectivity index (χ3n) is 4.43. The van der Waals surface area contributed by atoms with Crippen LogP contribution in [0.15, 0.2) is 47.6 Å². The van der Waals surface area contributed by atoms with Gasteiger partial charge in [0.25, 0.3) is 0 Å². The molecule has 0 saturated heterocycles. The molecule has 2 unspecified atom stereocenters. The van der Waals surface area contributed by atoms with Crippen molar-refractivity contribution in [3.05, 3.63) is 53.6 Å². The molecule has 0 aromatic heterocycles. The van der Waals surface area contributed by atoms with Crippen molar-refractivity contribution in [3.63, 3.8) is 0 Å². The van der Waals surface area contributed by atoms with Gasteiger partial charge in [-0.25, -0.2) is 5.43 Å². The molecular formula is C20H22N2O4. The Kier molecular flexibility index (Phi) is 5.41. The molecule has 3 rings (SSSR count). The summed E-state index contributed by atoms with van der Waals surface area (Å²) in [5, 5.41) is 4.06. The molecule has 6 heteroatoms. The summed E-state index contributed by atoms with van der Waals surface area (Å²) in [6, 6.07) is 13.6. The van der Waals surface area contributed by atoms with Crippen LogP contribution in [0, 0.1) is 5.92 Å². The Morgan fingerprint density at radius 3 is 2.31 bits per heavy atom. The van der Waals surface area contributed by atoms with Crippen molar-refractivity contribution < 1.29 is 19.0 Å². The topological polar surface area (TPSA) is 69.2 Å². The lowest BCUT2D eigenvalue weighted by atomic mass is 10.1. The number of amides is 1. The first kappa shape index (κ1) is 17.8. The molecule has 0 bridgehead atoms. The molecule has 2 aromatic carbocycles. The van der Waals surface area contributed by atoms with E-state index in [0.717, 1.165) is 12.0 Å². The van der Waals surface area contributed by atoms with E-state index in [1.165, 1.54) is 5.56 Å². The first-order chi connectivity index (χ1) is 12.7. The van der Waals surface area contributed by atoms with Gasteiger partial charge in [-0.2, -0.15) is 5.10 Å². The van der Waals surface area contributed by atoms with Crippen LogP contribution in [0.2, 0.25) is 0 Å². The van der Waals surface area contributed by atoms with Crippen LogP contribution >= 0.6 is 0 Å². The number of nitrogens with zero attached hydrogens (tertiary/aromatic N) is 1. The Morgan fingerprint density at radius 2 is 1.73 bits per heavy atom. The lowest BCUT2D eigenvalue weighted by molar-refractivity contribution is -0.122. The van der Waals surface area contributed by atoms with Gasteiger partial charge in [0.2, 0.25) is 11.7 Å². The highest BCUT2D eigenvalue weighted by Gasteiger charge is 2.43. The molecule has 0 radical (unpaired) electrons. The number of nitrogens with one attached hydrogen (secondary N) is 1. The smallest absolute Gasteiger partial charge is 0.243 e. The number of methoxy groups -OCH3 is 3. The highest BCUT2D eigenvalue weighted by molar-refractivity contribution is 5.86. The van der Waals surface area contributed by atoms with E-state index < -0.39 is 0 Å². The van der Waals surface area contributed by atoms with Crippen LogP contribution in [0.5, 0.6) is 17.2 Å². The highest BCUT2D eigenvalue weighted by Crippen LogP contribution is 2.47. The largest absolute Gasteiger partial charge is 0.493 e. The molecule has 0 heterocycles. The van der Waals surface area contributed by atoms with Gasteiger partial charge in [0, 0.05) is 11.5 Å². The number of hydrogen-bond acceptors (Lipinski definition) is 5. The summed E-state index contributed by atoms with van der Waals surface area (Å²) in [5.41, 5.74) is 4.54. The van der Waals surface area contributed by atoms with E-state index in [-0.39, 0.29) is 17.7 Å². The van der Waals surface area contributed by atoms with Gasteiger partial charge < -0.3 is 14.2 Å². The van der Waals surface area contributed by atoms with E-state index in [0.29, 0.717) is 17.2 Å². The van der Waals surface area contributed by atoms with Crippen LogP contribution in [0.1, 0.15) is 23.5 Å². The normalized spacial score (nSPS) is 18.4. The van der Waals surface area contributed by atoms with E-state index in [9.17, 15) is 4.79 Å². The summed E-state index contributed by atoms with van der Waals surface area (Å²) >= 11 is 0. The molecule has 136 valence electrons. The molecule has 0 spiro atoms. The maximum Gasteiger partial charge on any atom is 0.243 e. The number of ether oxygens (including phenoxy) is 3. The van der Waals surface area contributed by atoms with Crippen LogP contribution in [-0.4, -0.2) is 33.5 Å². The number of benzene rings is 2. The number of rotatable bonds is 7. The van der Waals surface area contributed by atoms with Crippen molar-refractivity contribution in [2.75, 3.05) is 21.3 Å². The SMILES string of the molecule is COc1cc(/C=N/NC(=O)C2CC2c2ccccc2)cc(OC)c1OC. The van der Waals surface area contributed by atoms with Crippen LogP contribution in [0.25, 0.3) is 0 Å². The van der Waals surface area contributed by atoms with E-state index in [4.69, 9.17) is 14.2 Å². The maximum atomic E-state index is 12.2. The zero-order valence-electron chi connectivity index (χ0n) is 15.1. The van der Waals surface area contributed by atoms with E-state index in [1.54, 1.807) is 39.7 Å². The van der Waals surface area contributed by atoms with Gasteiger partial charge in [-0.1, -0.05) is 30.3 Å². The molecule has 1 fully saturated rings. The minimum Gasteiger partial charge on any atom is -0.493 e. The number of carbonyl (C=O) groups is 1. The first-order valence-electron chi connectivity index (χ1n) is 8.35. The van der Waals surface area contributed by atoms with Crippen molar-refractivity contribution in [1.29, 1.82) is 0 Å². The summed E-state index contributed by atoms with van der Waals surface area (Å²) < 4.78 is 15.9. The van der Waals surface area contributed by atoms with E-state index >= 15 is 0 Å². The fourth-order valence-electron chi connectivity index (χ4n) is 2.98. The standard InChI is InChI=1S/C20H22N2O4/c1-24-17-9-13(10-18(25-2)19(17)26-3)12-21-22-20(23)16-11-15(16)14-7-5-4-6-8-14/h4-10,12,15-16H,11H2,1-3H3,(H,22,23)/b21-12+. The average Bonchev–Trinajstić information content (AvgIpc) is 3.48. The van der Waals surface area contributed by atoms with Crippen molar-refractivity contribution >= 4 is 12.1 Å². The Hall–Kier alpha value is -3.02. The summed E-state index contributed by atoms with van der Waals surface area (Å²) in [4.78, 5) is 12.2. The van der Waals surface area contributed by atoms with Gasteiger partial charge in [0.15, 0.2) is 11.5 Å². The summed E-state index contributed by atoms with van der Waals surface area (Å²) in [6.07, 6.45) is 2.41. The Bertz CT molecular complexity index is 780. The fourth-order valence-corrected chi connectivity index (χ4v) is 2.98. The quantitative estimate of drug-likeness (QED) is 0.613. The van der Waals surface area contributed by atoms with Gasteiger partial charge >= 0.3 is 0 Å². The molecule has 1 amide bonds. The molecule has 0 aliphatic heterocycles. The Balaban J connectivity index is 1.63. The second kappa shape index (κ2) is 7.91. The zero-order chi connectivity index (χ0) is 18.5. The van der Waals surface area contributed by atoms with Crippen LogP contribution < -0.4 is 19.6 Å². The molecule has 6 nitrogen and oxygen atoms in total. The summed E-state index contributed by atoms with van der Waals surface area (Å²) in [6.45, 7) is 0. The Labute approximate surface area is 152 Å². The van der Waals surface area contributed by atoms with Gasteiger partial charge in [-0.3, -0.25) is 4.79 Å². The summed E-state index contributed by atoms with van der Waals surface area (Å²) in [5.74, 6) is 1.78. The molecule has 26 heavy (non-hydrogen) atoms. The zero-order valence-corrected chi connectivity index (χ0v) is 15.1. The summed E-state index contributed by atoms with van der Waals surface area (Å²) in [7, 11) is 4.65. The molecular weight excluding hydrogens is 332 g/mol. The molecule has 2 aromatic rings. The van der Waals surface area contributed by atoms with Gasteiger partial charge in [-0.15, -0.1) is 0 Å². The first-order valence-corrected chi connectivity index (χ1v) is 8.35. The fraction of sp³-hybridized carbons (Fsp3) is 0.300. The lowest BCUT2D eigenvalue weighted by Crippen LogP contribution is -2.20. The van der Waals surface area contributed by atoms with Gasteiger partial charge in [-0.05, 0) is 30.0 Å². The van der Waals surface area contributed by atoms with Crippen molar-refractivity contribution in [1.82, 2.24) is 5.43 Å². The molecule has 1 aliphatic carbocycles. The van der Waals surface area contributed by atoms with Crippen LogP contribution in [0.4, 0.5) is 0 Å². The second-order valence-electron chi connectivity index (χ2n) is 6.05. The third kappa shape index (κ3) is 3.79. The number of hydrogen-bond donors (Lipinski definition) is 1. The Morgan fingerprint density at radius 1 is 1.08 bits per heavy atom. The monoisotopic (exact) mass is 354 g/mol. The minimum atomic E-state index is -0.0671. The number of carbonyl (C=O) groups excluding carboxylic acids is 1. The van der Waals surface area contributed by atoms with Gasteiger partial charge in [0.1, 0.15) is 0 Å². The molecule has 2 atom stereocenters. The molecule has 1 saturated carbocycles. The van der Waals surface area contributed by atoms with E-state index in [2.05, 4.69) is 22.7 Å². The van der Waals surface area contributed by atoms with Gasteiger partial charge in [0.05, 0.1) is 27.5 Å². The maximum absolute atomic E-state index is 12.2. The molecule has 1 aliphatic rings. The highest BCUT2D eigenvalue weighted by atomic mass is 16.5. The predicted octanol–water partition coefficient (Wildman–Crippen LogP) is 2.97. The van der Waals surface area contributed by atoms with Crippen molar-refractivity contribution in [2.24, 2.45) is 11.0 Å². The van der Waals surface area contributed by atoms with E-state index in [1.807, 2.05) is 18.2 Å². The lowest BCUT2D eigenvalue weighted by Gasteiger charge is -2.12. The third-order valence-corrected chi connectivity index (χ3v) is 4.43. The average molecular weight is 354 g/mol. The molecule has 1 N–H and O–H groups in total.